The van der Waals surface area contributed by atoms with Crippen LogP contribution in [0.5, 0.6) is 0 Å². The maximum absolute atomic E-state index is 12.7. The lowest BCUT2D eigenvalue weighted by molar-refractivity contribution is -0.131. The number of aromatic nitrogens is 4. The van der Waals surface area contributed by atoms with Gasteiger partial charge in [-0.25, -0.2) is 4.98 Å². The molecule has 0 aliphatic rings. The number of hydrogen-bond acceptors (Lipinski definition) is 4. The molecule has 0 fully saturated rings. The van der Waals surface area contributed by atoms with Crippen LogP contribution in [-0.2, 0) is 24.4 Å². The molecule has 7 heteroatoms. The highest BCUT2D eigenvalue weighted by Crippen LogP contribution is 2.10. The molecule has 0 saturated heterocycles. The number of fused-ring (bicyclic) bond motifs is 1. The van der Waals surface area contributed by atoms with Crippen LogP contribution in [-0.4, -0.2) is 37.2 Å². The lowest BCUT2D eigenvalue weighted by Crippen LogP contribution is -2.33. The quantitative estimate of drug-likeness (QED) is 0.509. The standard InChI is InChI=1S/C22H21N5O2/c1-25(13-18-11-24-26(15-18)14-17-7-3-2-4-8-17)22(29)16-27-20-10-6-5-9-19(20)23-12-21(27)28/h2-12,15H,13-14,16H2,1H3. The first-order valence-corrected chi connectivity index (χ1v) is 9.34. The first-order chi connectivity index (χ1) is 14.1. The van der Waals surface area contributed by atoms with Gasteiger partial charge < -0.3 is 4.90 Å². The van der Waals surface area contributed by atoms with Crippen LogP contribution in [0.2, 0.25) is 0 Å². The van der Waals surface area contributed by atoms with Crippen molar-refractivity contribution < 1.29 is 4.79 Å². The summed E-state index contributed by atoms with van der Waals surface area (Å²) in [4.78, 5) is 30.7. The Hall–Kier alpha value is -3.74. The maximum Gasteiger partial charge on any atom is 0.269 e. The van der Waals surface area contributed by atoms with E-state index < -0.39 is 0 Å². The van der Waals surface area contributed by atoms with Gasteiger partial charge in [0.05, 0.1) is 30.0 Å². The Balaban J connectivity index is 1.44. The third-order valence-corrected chi connectivity index (χ3v) is 4.77. The molecule has 0 radical (unpaired) electrons. The van der Waals surface area contributed by atoms with Crippen LogP contribution in [0, 0.1) is 0 Å². The van der Waals surface area contributed by atoms with Crippen molar-refractivity contribution in [3.63, 3.8) is 0 Å². The minimum atomic E-state index is -0.291. The Morgan fingerprint density at radius 1 is 1.00 bits per heavy atom. The van der Waals surface area contributed by atoms with Crippen molar-refractivity contribution in [1.29, 1.82) is 0 Å². The first kappa shape index (κ1) is 18.6. The van der Waals surface area contributed by atoms with Crippen molar-refractivity contribution in [1.82, 2.24) is 24.2 Å². The molecular weight excluding hydrogens is 366 g/mol. The molecule has 4 aromatic rings. The molecule has 7 nitrogen and oxygen atoms in total. The summed E-state index contributed by atoms with van der Waals surface area (Å²) < 4.78 is 3.31. The van der Waals surface area contributed by atoms with Gasteiger partial charge in [-0.15, -0.1) is 0 Å². The smallest absolute Gasteiger partial charge is 0.269 e. The van der Waals surface area contributed by atoms with E-state index in [-0.39, 0.29) is 18.0 Å². The van der Waals surface area contributed by atoms with Crippen LogP contribution in [0.3, 0.4) is 0 Å². The highest BCUT2D eigenvalue weighted by Gasteiger charge is 2.14. The second kappa shape index (κ2) is 8.10. The normalized spacial score (nSPS) is 10.9. The van der Waals surface area contributed by atoms with Gasteiger partial charge in [0.1, 0.15) is 6.54 Å². The molecule has 0 bridgehead atoms. The summed E-state index contributed by atoms with van der Waals surface area (Å²) in [5, 5.41) is 4.38. The van der Waals surface area contributed by atoms with Gasteiger partial charge >= 0.3 is 0 Å². The van der Waals surface area contributed by atoms with E-state index in [1.165, 1.54) is 10.8 Å². The number of para-hydroxylation sites is 2. The Morgan fingerprint density at radius 3 is 2.59 bits per heavy atom. The number of likely N-dealkylation sites (N-methyl/N-ethyl adjacent to an activating group) is 1. The molecule has 2 aromatic heterocycles. The summed E-state index contributed by atoms with van der Waals surface area (Å²) in [7, 11) is 1.73. The molecule has 0 aliphatic carbocycles. The van der Waals surface area contributed by atoms with Crippen LogP contribution < -0.4 is 5.56 Å². The molecule has 0 N–H and O–H groups in total. The van der Waals surface area contributed by atoms with Gasteiger partial charge in [-0.1, -0.05) is 42.5 Å². The van der Waals surface area contributed by atoms with Gasteiger partial charge in [-0.2, -0.15) is 5.10 Å². The first-order valence-electron chi connectivity index (χ1n) is 9.34. The fraction of sp³-hybridized carbons (Fsp3) is 0.182. The van der Waals surface area contributed by atoms with Crippen molar-refractivity contribution in [3.8, 4) is 0 Å². The second-order valence-corrected chi connectivity index (χ2v) is 6.95. The molecule has 146 valence electrons. The molecule has 1 amide bonds. The summed E-state index contributed by atoms with van der Waals surface area (Å²) in [6, 6.07) is 17.4. The Kier molecular flexibility index (Phi) is 5.20. The van der Waals surface area contributed by atoms with Crippen molar-refractivity contribution in [2.45, 2.75) is 19.6 Å². The topological polar surface area (TPSA) is 73.0 Å². The maximum atomic E-state index is 12.7. The Labute approximate surface area is 167 Å². The lowest BCUT2D eigenvalue weighted by Gasteiger charge is -2.17. The molecule has 4 rings (SSSR count). The zero-order chi connectivity index (χ0) is 20.2. The minimum absolute atomic E-state index is 0.0312. The summed E-state index contributed by atoms with van der Waals surface area (Å²) in [5.74, 6) is -0.153. The zero-order valence-electron chi connectivity index (χ0n) is 16.1. The number of amides is 1. The monoisotopic (exact) mass is 387 g/mol. The predicted octanol–water partition coefficient (Wildman–Crippen LogP) is 2.30. The van der Waals surface area contributed by atoms with Gasteiger partial charge in [0.25, 0.3) is 5.56 Å². The van der Waals surface area contributed by atoms with Gasteiger partial charge in [-0.05, 0) is 17.7 Å². The van der Waals surface area contributed by atoms with Crippen molar-refractivity contribution in [2.75, 3.05) is 7.05 Å². The lowest BCUT2D eigenvalue weighted by atomic mass is 10.2. The Morgan fingerprint density at radius 2 is 1.76 bits per heavy atom. The third-order valence-electron chi connectivity index (χ3n) is 4.77. The average Bonchev–Trinajstić information content (AvgIpc) is 3.17. The largest absolute Gasteiger partial charge is 0.340 e. The van der Waals surface area contributed by atoms with Crippen LogP contribution >= 0.6 is 0 Å². The number of carbonyl (C=O) groups excluding carboxylic acids is 1. The van der Waals surface area contributed by atoms with Crippen LogP contribution in [0.25, 0.3) is 11.0 Å². The van der Waals surface area contributed by atoms with E-state index >= 15 is 0 Å². The van der Waals surface area contributed by atoms with E-state index in [0.29, 0.717) is 24.1 Å². The van der Waals surface area contributed by atoms with Gasteiger partial charge in [0, 0.05) is 25.4 Å². The van der Waals surface area contributed by atoms with E-state index in [0.717, 1.165) is 11.1 Å². The number of benzene rings is 2. The summed E-state index contributed by atoms with van der Waals surface area (Å²) >= 11 is 0. The van der Waals surface area contributed by atoms with Gasteiger partial charge in [0.2, 0.25) is 5.91 Å². The second-order valence-electron chi connectivity index (χ2n) is 6.95. The molecule has 0 atom stereocenters. The summed E-state index contributed by atoms with van der Waals surface area (Å²) in [6.07, 6.45) is 4.95. The molecule has 2 aromatic carbocycles. The summed E-state index contributed by atoms with van der Waals surface area (Å²) in [6.45, 7) is 1.07. The number of hydrogen-bond donors (Lipinski definition) is 0. The highest BCUT2D eigenvalue weighted by molar-refractivity contribution is 5.79. The van der Waals surface area contributed by atoms with Crippen molar-refractivity contribution in [3.05, 3.63) is 94.7 Å². The van der Waals surface area contributed by atoms with E-state index in [1.54, 1.807) is 24.2 Å². The van der Waals surface area contributed by atoms with Gasteiger partial charge in [-0.3, -0.25) is 18.8 Å². The van der Waals surface area contributed by atoms with Crippen LogP contribution in [0.15, 0.2) is 78.0 Å². The average molecular weight is 387 g/mol. The summed E-state index contributed by atoms with van der Waals surface area (Å²) in [5.41, 5.74) is 3.14. The van der Waals surface area contributed by atoms with Crippen molar-refractivity contribution in [2.24, 2.45) is 0 Å². The fourth-order valence-electron chi connectivity index (χ4n) is 3.24. The molecule has 29 heavy (non-hydrogen) atoms. The molecule has 0 aliphatic heterocycles. The number of carbonyl (C=O) groups is 1. The fourth-order valence-corrected chi connectivity index (χ4v) is 3.24. The molecule has 0 saturated carbocycles. The predicted molar refractivity (Wildman–Crippen MR) is 110 cm³/mol. The molecule has 0 spiro atoms. The van der Waals surface area contributed by atoms with Crippen LogP contribution in [0.4, 0.5) is 0 Å². The van der Waals surface area contributed by atoms with Crippen molar-refractivity contribution >= 4 is 16.9 Å². The molecule has 0 unspecified atom stereocenters. The zero-order valence-corrected chi connectivity index (χ0v) is 16.1. The Bertz CT molecular complexity index is 1200. The van der Waals surface area contributed by atoms with Gasteiger partial charge in [0.15, 0.2) is 0 Å². The third kappa shape index (κ3) is 4.24. The number of rotatable bonds is 6. The van der Waals surface area contributed by atoms with E-state index in [1.807, 2.05) is 59.4 Å². The number of nitrogens with zero attached hydrogens (tertiary/aromatic N) is 5. The molecule has 2 heterocycles. The van der Waals surface area contributed by atoms with E-state index in [2.05, 4.69) is 10.1 Å². The minimum Gasteiger partial charge on any atom is -0.340 e. The van der Waals surface area contributed by atoms with E-state index in [4.69, 9.17) is 0 Å². The van der Waals surface area contributed by atoms with E-state index in [9.17, 15) is 9.59 Å². The SMILES string of the molecule is CN(Cc1cnn(Cc2ccccc2)c1)C(=O)Cn1c(=O)cnc2ccccc21. The van der Waals surface area contributed by atoms with Crippen LogP contribution in [0.1, 0.15) is 11.1 Å². The molecular formula is C22H21N5O2. The highest BCUT2D eigenvalue weighted by atomic mass is 16.2.